The van der Waals surface area contributed by atoms with E-state index >= 15 is 0 Å². The van der Waals surface area contributed by atoms with E-state index in [0.29, 0.717) is 5.76 Å². The monoisotopic (exact) mass is 273 g/mol. The van der Waals surface area contributed by atoms with Gasteiger partial charge in [-0.15, -0.1) is 12.6 Å². The van der Waals surface area contributed by atoms with E-state index in [0.717, 1.165) is 22.0 Å². The number of hydrogen-bond donors (Lipinski definition) is 2. The lowest BCUT2D eigenvalue weighted by atomic mass is 10.2. The number of hydrogen-bond acceptors (Lipinski definition) is 4. The van der Waals surface area contributed by atoms with Crippen molar-refractivity contribution in [3.8, 4) is 0 Å². The molecule has 3 nitrogen and oxygen atoms in total. The Kier molecular flexibility index (Phi) is 4.12. The van der Waals surface area contributed by atoms with Crippen molar-refractivity contribution in [3.63, 3.8) is 0 Å². The summed E-state index contributed by atoms with van der Waals surface area (Å²) in [5, 5.41) is 3.14. The van der Waals surface area contributed by atoms with Crippen molar-refractivity contribution in [2.75, 3.05) is 5.32 Å². The van der Waals surface area contributed by atoms with Crippen LogP contribution < -0.4 is 5.32 Å². The lowest BCUT2D eigenvalue weighted by Gasteiger charge is -2.08. The summed E-state index contributed by atoms with van der Waals surface area (Å²) in [6, 6.07) is 11.1. The van der Waals surface area contributed by atoms with Crippen LogP contribution >= 0.6 is 12.6 Å². The van der Waals surface area contributed by atoms with Crippen LogP contribution in [0.25, 0.3) is 0 Å². The third kappa shape index (κ3) is 3.51. The zero-order chi connectivity index (χ0) is 13.8. The van der Waals surface area contributed by atoms with Crippen LogP contribution in [-0.2, 0) is 0 Å². The standard InChI is InChI=1S/C15H15NO2S/c1-10(16-12-5-3-4-6-15(12)19)9-13(17)14-8-7-11(2)18-14/h3-9,16,19H,1-2H3/b10-9+. The van der Waals surface area contributed by atoms with E-state index in [1.807, 2.05) is 38.1 Å². The van der Waals surface area contributed by atoms with E-state index in [9.17, 15) is 4.79 Å². The quantitative estimate of drug-likeness (QED) is 0.501. The van der Waals surface area contributed by atoms with Crippen molar-refractivity contribution in [2.45, 2.75) is 18.7 Å². The van der Waals surface area contributed by atoms with Crippen LogP contribution in [0.2, 0.25) is 0 Å². The molecule has 0 amide bonds. The number of thiol groups is 1. The van der Waals surface area contributed by atoms with Crippen molar-refractivity contribution in [1.82, 2.24) is 0 Å². The highest BCUT2D eigenvalue weighted by molar-refractivity contribution is 7.80. The van der Waals surface area contributed by atoms with Gasteiger partial charge < -0.3 is 9.73 Å². The summed E-state index contributed by atoms with van der Waals surface area (Å²) < 4.78 is 5.28. The number of carbonyl (C=O) groups excluding carboxylic acids is 1. The first kappa shape index (κ1) is 13.5. The van der Waals surface area contributed by atoms with Crippen LogP contribution in [0.15, 0.2) is 57.5 Å². The molecular weight excluding hydrogens is 258 g/mol. The molecular formula is C15H15NO2S. The van der Waals surface area contributed by atoms with Crippen LogP contribution in [0.3, 0.4) is 0 Å². The highest BCUT2D eigenvalue weighted by atomic mass is 32.1. The number of rotatable bonds is 4. The average molecular weight is 273 g/mol. The largest absolute Gasteiger partial charge is 0.458 e. The first-order chi connectivity index (χ1) is 9.06. The summed E-state index contributed by atoms with van der Waals surface area (Å²) in [6.07, 6.45) is 1.51. The molecule has 2 aromatic rings. The first-order valence-electron chi connectivity index (χ1n) is 5.90. The molecule has 0 saturated heterocycles. The van der Waals surface area contributed by atoms with Crippen LogP contribution in [0.1, 0.15) is 23.2 Å². The minimum atomic E-state index is -0.158. The molecule has 0 fully saturated rings. The second-order valence-corrected chi connectivity index (χ2v) is 4.73. The van der Waals surface area contributed by atoms with Crippen molar-refractivity contribution in [3.05, 3.63) is 59.7 Å². The molecule has 1 aromatic heterocycles. The molecule has 0 radical (unpaired) electrons. The zero-order valence-electron chi connectivity index (χ0n) is 10.8. The Hall–Kier alpha value is -1.94. The third-order valence-corrected chi connectivity index (χ3v) is 2.96. The minimum Gasteiger partial charge on any atom is -0.458 e. The fourth-order valence-electron chi connectivity index (χ4n) is 1.66. The summed E-state index contributed by atoms with van der Waals surface area (Å²) in [5.74, 6) is 0.913. The number of ketones is 1. The molecule has 4 heteroatoms. The lowest BCUT2D eigenvalue weighted by molar-refractivity contribution is 0.102. The van der Waals surface area contributed by atoms with Crippen molar-refractivity contribution < 1.29 is 9.21 Å². The number of anilines is 1. The molecule has 0 saturated carbocycles. The predicted molar refractivity (Wildman–Crippen MR) is 78.8 cm³/mol. The Morgan fingerprint density at radius 3 is 2.63 bits per heavy atom. The van der Waals surface area contributed by atoms with Crippen molar-refractivity contribution >= 4 is 24.1 Å². The molecule has 0 aliphatic heterocycles. The number of benzene rings is 1. The fourth-order valence-corrected chi connectivity index (χ4v) is 1.88. The van der Waals surface area contributed by atoms with Crippen molar-refractivity contribution in [2.24, 2.45) is 0 Å². The first-order valence-corrected chi connectivity index (χ1v) is 6.35. The van der Waals surface area contributed by atoms with E-state index in [1.165, 1.54) is 6.08 Å². The molecule has 1 N–H and O–H groups in total. The van der Waals surface area contributed by atoms with Gasteiger partial charge in [-0.1, -0.05) is 12.1 Å². The van der Waals surface area contributed by atoms with E-state index in [-0.39, 0.29) is 5.78 Å². The molecule has 1 aromatic carbocycles. The van der Waals surface area contributed by atoms with Gasteiger partial charge in [0.2, 0.25) is 5.78 Å². The number of allylic oxidation sites excluding steroid dienone is 2. The Morgan fingerprint density at radius 1 is 1.26 bits per heavy atom. The Balaban J connectivity index is 2.11. The van der Waals surface area contributed by atoms with Crippen LogP contribution in [0.5, 0.6) is 0 Å². The molecule has 0 aliphatic carbocycles. The van der Waals surface area contributed by atoms with Gasteiger partial charge in [0.1, 0.15) is 5.76 Å². The Bertz CT molecular complexity index is 629. The minimum absolute atomic E-state index is 0.158. The highest BCUT2D eigenvalue weighted by Crippen LogP contribution is 2.20. The summed E-state index contributed by atoms with van der Waals surface area (Å²) in [4.78, 5) is 12.7. The molecule has 0 atom stereocenters. The number of nitrogens with one attached hydrogen (secondary N) is 1. The third-order valence-electron chi connectivity index (χ3n) is 2.57. The van der Waals surface area contributed by atoms with E-state index in [4.69, 9.17) is 4.42 Å². The number of carbonyl (C=O) groups is 1. The molecule has 0 unspecified atom stereocenters. The number of aryl methyl sites for hydroxylation is 1. The van der Waals surface area contributed by atoms with Gasteiger partial charge in [-0.2, -0.15) is 0 Å². The maximum atomic E-state index is 11.9. The normalized spacial score (nSPS) is 11.4. The smallest absolute Gasteiger partial charge is 0.222 e. The molecule has 0 aliphatic rings. The SMILES string of the molecule is C/C(=C\C(=O)c1ccc(C)o1)Nc1ccccc1S. The topological polar surface area (TPSA) is 42.2 Å². The molecule has 1 heterocycles. The van der Waals surface area contributed by atoms with Crippen LogP contribution in [0.4, 0.5) is 5.69 Å². The van der Waals surface area contributed by atoms with Gasteiger partial charge in [-0.05, 0) is 38.1 Å². The summed E-state index contributed by atoms with van der Waals surface area (Å²) in [6.45, 7) is 3.64. The van der Waals surface area contributed by atoms with Gasteiger partial charge in [0.05, 0.1) is 5.69 Å². The van der Waals surface area contributed by atoms with E-state index in [2.05, 4.69) is 17.9 Å². The Morgan fingerprint density at radius 2 is 2.00 bits per heavy atom. The van der Waals surface area contributed by atoms with Crippen LogP contribution in [0, 0.1) is 6.92 Å². The van der Waals surface area contributed by atoms with Gasteiger partial charge in [-0.3, -0.25) is 4.79 Å². The average Bonchev–Trinajstić information content (AvgIpc) is 2.79. The summed E-state index contributed by atoms with van der Waals surface area (Å²) >= 11 is 4.34. The van der Waals surface area contributed by atoms with Gasteiger partial charge in [-0.25, -0.2) is 0 Å². The van der Waals surface area contributed by atoms with Gasteiger partial charge in [0, 0.05) is 16.7 Å². The summed E-state index contributed by atoms with van der Waals surface area (Å²) in [7, 11) is 0. The zero-order valence-corrected chi connectivity index (χ0v) is 11.7. The lowest BCUT2D eigenvalue weighted by Crippen LogP contribution is -2.01. The molecule has 0 spiro atoms. The van der Waals surface area contributed by atoms with Crippen molar-refractivity contribution in [1.29, 1.82) is 0 Å². The maximum absolute atomic E-state index is 11.9. The van der Waals surface area contributed by atoms with Gasteiger partial charge in [0.25, 0.3) is 0 Å². The summed E-state index contributed by atoms with van der Waals surface area (Å²) in [5.41, 5.74) is 1.60. The van der Waals surface area contributed by atoms with E-state index < -0.39 is 0 Å². The van der Waals surface area contributed by atoms with Gasteiger partial charge >= 0.3 is 0 Å². The number of para-hydroxylation sites is 1. The van der Waals surface area contributed by atoms with Gasteiger partial charge in [0.15, 0.2) is 5.76 Å². The number of furan rings is 1. The highest BCUT2D eigenvalue weighted by Gasteiger charge is 2.08. The molecule has 2 rings (SSSR count). The molecule has 0 bridgehead atoms. The molecule has 98 valence electrons. The second-order valence-electron chi connectivity index (χ2n) is 4.24. The Labute approximate surface area is 117 Å². The fraction of sp³-hybridized carbons (Fsp3) is 0.133. The van der Waals surface area contributed by atoms with Crippen LogP contribution in [-0.4, -0.2) is 5.78 Å². The van der Waals surface area contributed by atoms with E-state index in [1.54, 1.807) is 12.1 Å². The maximum Gasteiger partial charge on any atom is 0.222 e. The predicted octanol–water partition coefficient (Wildman–Crippen LogP) is 4.08. The second kappa shape index (κ2) is 5.80. The molecule has 19 heavy (non-hydrogen) atoms.